The molecule has 0 aliphatic rings. The van der Waals surface area contributed by atoms with E-state index in [1.807, 2.05) is 0 Å². The number of carbonyl (C=O) groups is 1. The molecule has 10 heavy (non-hydrogen) atoms. The molecule has 0 atom stereocenters. The molecule has 0 fully saturated rings. The van der Waals surface area contributed by atoms with Gasteiger partial charge >= 0.3 is 0 Å². The zero-order valence-corrected chi connectivity index (χ0v) is 5.87. The third kappa shape index (κ3) is 3.66. The summed E-state index contributed by atoms with van der Waals surface area (Å²) in [4.78, 5) is 9.95. The lowest BCUT2D eigenvalue weighted by Gasteiger charge is -1.86. The number of hydrogen-bond donors (Lipinski definition) is 1. The Bertz CT molecular complexity index is 183. The molecule has 0 aromatic heterocycles. The summed E-state index contributed by atoms with van der Waals surface area (Å²) in [7, 11) is 0. The van der Waals surface area contributed by atoms with Gasteiger partial charge in [-0.15, -0.1) is 0 Å². The Labute approximate surface area is 60.2 Å². The van der Waals surface area contributed by atoms with Crippen LogP contribution in [0.3, 0.4) is 0 Å². The number of aliphatic hydroxyl groups excluding tert-OH is 1. The SMILES string of the molecule is C=C(C=O)/C=C\C(O)=C/C. The molecule has 0 aromatic carbocycles. The first-order chi connectivity index (χ1) is 4.70. The highest BCUT2D eigenvalue weighted by molar-refractivity contribution is 5.76. The van der Waals surface area contributed by atoms with Crippen LogP contribution in [0.15, 0.2) is 36.1 Å². The smallest absolute Gasteiger partial charge is 0.149 e. The average molecular weight is 138 g/mol. The quantitative estimate of drug-likeness (QED) is 0.279. The number of carbonyl (C=O) groups excluding carboxylic acids is 1. The summed E-state index contributed by atoms with van der Waals surface area (Å²) in [6.45, 7) is 5.08. The van der Waals surface area contributed by atoms with E-state index in [0.29, 0.717) is 11.9 Å². The van der Waals surface area contributed by atoms with Crippen molar-refractivity contribution in [3.8, 4) is 0 Å². The predicted octanol–water partition coefficient (Wildman–Crippen LogP) is 1.76. The van der Waals surface area contributed by atoms with E-state index >= 15 is 0 Å². The summed E-state index contributed by atoms with van der Waals surface area (Å²) in [5.74, 6) is 0.128. The monoisotopic (exact) mass is 138 g/mol. The molecule has 0 amide bonds. The Morgan fingerprint density at radius 1 is 1.50 bits per heavy atom. The van der Waals surface area contributed by atoms with Crippen molar-refractivity contribution in [2.45, 2.75) is 6.92 Å². The van der Waals surface area contributed by atoms with Gasteiger partial charge in [-0.2, -0.15) is 0 Å². The molecule has 0 spiro atoms. The van der Waals surface area contributed by atoms with Crippen LogP contribution in [0, 0.1) is 0 Å². The molecule has 0 heterocycles. The molecule has 0 aliphatic heterocycles. The van der Waals surface area contributed by atoms with Crippen LogP contribution >= 0.6 is 0 Å². The second-order valence-corrected chi connectivity index (χ2v) is 1.74. The number of rotatable bonds is 3. The van der Waals surface area contributed by atoms with E-state index in [1.165, 1.54) is 18.2 Å². The van der Waals surface area contributed by atoms with Crippen LogP contribution in [0.25, 0.3) is 0 Å². The van der Waals surface area contributed by atoms with Crippen LogP contribution in [0.5, 0.6) is 0 Å². The van der Waals surface area contributed by atoms with Gasteiger partial charge in [0.25, 0.3) is 0 Å². The summed E-state index contributed by atoms with van der Waals surface area (Å²) in [6.07, 6.45) is 5.01. The number of allylic oxidation sites excluding steroid dienone is 4. The Balaban J connectivity index is 4.00. The lowest BCUT2D eigenvalue weighted by molar-refractivity contribution is -0.104. The van der Waals surface area contributed by atoms with E-state index in [4.69, 9.17) is 5.11 Å². The van der Waals surface area contributed by atoms with Crippen LogP contribution in [-0.2, 0) is 4.79 Å². The molecule has 0 rings (SSSR count). The predicted molar refractivity (Wildman–Crippen MR) is 40.7 cm³/mol. The number of aliphatic hydroxyl groups is 1. The van der Waals surface area contributed by atoms with Crippen LogP contribution in [0.1, 0.15) is 6.92 Å². The largest absolute Gasteiger partial charge is 0.508 e. The molecule has 2 nitrogen and oxygen atoms in total. The maximum Gasteiger partial charge on any atom is 0.149 e. The maximum atomic E-state index is 9.95. The summed E-state index contributed by atoms with van der Waals surface area (Å²) in [5.41, 5.74) is 0.341. The average Bonchev–Trinajstić information content (AvgIpc) is 1.99. The Hall–Kier alpha value is -1.31. The zero-order valence-electron chi connectivity index (χ0n) is 5.87. The lowest BCUT2D eigenvalue weighted by Crippen LogP contribution is -1.76. The van der Waals surface area contributed by atoms with Crippen molar-refractivity contribution < 1.29 is 9.90 Å². The molecule has 0 bridgehead atoms. The summed E-state index contributed by atoms with van der Waals surface area (Å²) in [5, 5.41) is 8.82. The second-order valence-electron chi connectivity index (χ2n) is 1.74. The Morgan fingerprint density at radius 2 is 2.10 bits per heavy atom. The van der Waals surface area contributed by atoms with Crippen LogP contribution < -0.4 is 0 Å². The van der Waals surface area contributed by atoms with Crippen molar-refractivity contribution in [2.75, 3.05) is 0 Å². The van der Waals surface area contributed by atoms with Crippen molar-refractivity contribution >= 4 is 6.29 Å². The third-order valence-corrected chi connectivity index (χ3v) is 0.915. The van der Waals surface area contributed by atoms with E-state index in [9.17, 15) is 4.79 Å². The second kappa shape index (κ2) is 4.56. The van der Waals surface area contributed by atoms with Gasteiger partial charge in [-0.3, -0.25) is 4.79 Å². The van der Waals surface area contributed by atoms with Gasteiger partial charge in [0.1, 0.15) is 12.0 Å². The van der Waals surface area contributed by atoms with Gasteiger partial charge in [0.05, 0.1) is 0 Å². The summed E-state index contributed by atoms with van der Waals surface area (Å²) >= 11 is 0. The molecule has 2 heteroatoms. The summed E-state index contributed by atoms with van der Waals surface area (Å²) < 4.78 is 0. The fraction of sp³-hybridized carbons (Fsp3) is 0.125. The third-order valence-electron chi connectivity index (χ3n) is 0.915. The van der Waals surface area contributed by atoms with Gasteiger partial charge in [0.2, 0.25) is 0 Å². The van der Waals surface area contributed by atoms with E-state index in [1.54, 1.807) is 6.92 Å². The van der Waals surface area contributed by atoms with Crippen molar-refractivity contribution in [3.05, 3.63) is 36.1 Å². The zero-order chi connectivity index (χ0) is 7.98. The van der Waals surface area contributed by atoms with E-state index in [0.717, 1.165) is 0 Å². The topological polar surface area (TPSA) is 37.3 Å². The van der Waals surface area contributed by atoms with Crippen molar-refractivity contribution in [1.82, 2.24) is 0 Å². The van der Waals surface area contributed by atoms with Gasteiger partial charge in [-0.05, 0) is 25.2 Å². The highest BCUT2D eigenvalue weighted by atomic mass is 16.3. The van der Waals surface area contributed by atoms with Crippen LogP contribution in [0.2, 0.25) is 0 Å². The van der Waals surface area contributed by atoms with E-state index in [2.05, 4.69) is 6.58 Å². The molecular formula is C8H10O2. The fourth-order valence-electron chi connectivity index (χ4n) is 0.328. The molecule has 0 saturated heterocycles. The molecule has 0 aliphatic carbocycles. The first kappa shape index (κ1) is 8.69. The normalized spacial score (nSPS) is 11.9. The molecule has 0 aromatic rings. The Morgan fingerprint density at radius 3 is 2.50 bits per heavy atom. The maximum absolute atomic E-state index is 9.95. The van der Waals surface area contributed by atoms with Gasteiger partial charge < -0.3 is 5.11 Å². The summed E-state index contributed by atoms with van der Waals surface area (Å²) in [6, 6.07) is 0. The lowest BCUT2D eigenvalue weighted by atomic mass is 10.3. The van der Waals surface area contributed by atoms with Crippen molar-refractivity contribution in [3.63, 3.8) is 0 Å². The van der Waals surface area contributed by atoms with Crippen molar-refractivity contribution in [2.24, 2.45) is 0 Å². The van der Waals surface area contributed by atoms with E-state index < -0.39 is 0 Å². The minimum Gasteiger partial charge on any atom is -0.508 e. The van der Waals surface area contributed by atoms with Crippen LogP contribution in [-0.4, -0.2) is 11.4 Å². The molecule has 1 N–H and O–H groups in total. The number of hydrogen-bond acceptors (Lipinski definition) is 2. The minimum atomic E-state index is 0.128. The molecular weight excluding hydrogens is 128 g/mol. The molecule has 54 valence electrons. The standard InChI is InChI=1S/C8H10O2/c1-3-8(10)5-4-7(2)6-9/h3-6,10H,2H2,1H3/b5-4-,8-3+. The first-order valence-corrected chi connectivity index (χ1v) is 2.88. The van der Waals surface area contributed by atoms with Crippen molar-refractivity contribution in [1.29, 1.82) is 0 Å². The van der Waals surface area contributed by atoms with Crippen LogP contribution in [0.4, 0.5) is 0 Å². The van der Waals surface area contributed by atoms with Gasteiger partial charge in [0, 0.05) is 5.57 Å². The first-order valence-electron chi connectivity index (χ1n) is 2.88. The van der Waals surface area contributed by atoms with Gasteiger partial charge in [-0.1, -0.05) is 6.58 Å². The minimum absolute atomic E-state index is 0.128. The van der Waals surface area contributed by atoms with E-state index in [-0.39, 0.29) is 5.76 Å². The fourth-order valence-corrected chi connectivity index (χ4v) is 0.328. The highest BCUT2D eigenvalue weighted by Gasteiger charge is 1.82. The number of aldehydes is 1. The molecule has 0 saturated carbocycles. The molecule has 0 unspecified atom stereocenters. The highest BCUT2D eigenvalue weighted by Crippen LogP contribution is 1.93. The Kier molecular flexibility index (Phi) is 3.96. The van der Waals surface area contributed by atoms with Gasteiger partial charge in [-0.25, -0.2) is 0 Å². The molecule has 0 radical (unpaired) electrons. The van der Waals surface area contributed by atoms with Gasteiger partial charge in [0.15, 0.2) is 0 Å².